The molecule has 0 unspecified atom stereocenters. The van der Waals surface area contributed by atoms with Crippen LogP contribution in [0.5, 0.6) is 0 Å². The Hall–Kier alpha value is -3.25. The van der Waals surface area contributed by atoms with Gasteiger partial charge in [-0.05, 0) is 30.9 Å². The monoisotopic (exact) mass is 386 g/mol. The molecule has 1 aromatic carbocycles. The number of aryl methyl sites for hydroxylation is 2. The summed E-state index contributed by atoms with van der Waals surface area (Å²) in [5, 5.41) is 24.8. The Morgan fingerprint density at radius 3 is 2.63 bits per heavy atom. The number of nitrogens with zero attached hydrogens (tertiary/aromatic N) is 6. The molecule has 10 heteroatoms. The molecule has 27 heavy (non-hydrogen) atoms. The molecule has 9 nitrogen and oxygen atoms in total. The first-order valence-electron chi connectivity index (χ1n) is 8.24. The van der Waals surface area contributed by atoms with Crippen molar-refractivity contribution in [3.05, 3.63) is 61.1 Å². The summed E-state index contributed by atoms with van der Waals surface area (Å²) >= 11 is 6.18. The number of rotatable bonds is 5. The molecule has 1 atom stereocenters. The average Bonchev–Trinajstić information content (AvgIpc) is 3.03. The van der Waals surface area contributed by atoms with Crippen molar-refractivity contribution in [2.24, 2.45) is 0 Å². The lowest BCUT2D eigenvalue weighted by Crippen LogP contribution is -2.27. The Kier molecular flexibility index (Phi) is 4.92. The van der Waals surface area contributed by atoms with Crippen molar-refractivity contribution in [2.45, 2.75) is 32.9 Å². The van der Waals surface area contributed by atoms with E-state index < -0.39 is 22.2 Å². The van der Waals surface area contributed by atoms with E-state index in [0.29, 0.717) is 12.1 Å². The minimum atomic E-state index is -1.21. The molecule has 0 saturated heterocycles. The highest BCUT2D eigenvalue weighted by Crippen LogP contribution is 2.34. The Balaban J connectivity index is 2.36. The normalized spacial score (nSPS) is 12.1. The standard InChI is InChI=1S/C17H15ClN6O3/c1-3-22-12-8-6-5-7-11(12)20-15(22)10(9-19)13-14(18)17(25)23(4-2)21-16(13)24(26)27/h5-8,10H,3-4H2,1-2H3/t10-/m0/s1. The summed E-state index contributed by atoms with van der Waals surface area (Å²) in [7, 11) is 0. The molecule has 0 amide bonds. The van der Waals surface area contributed by atoms with Crippen molar-refractivity contribution in [2.75, 3.05) is 0 Å². The summed E-state index contributed by atoms with van der Waals surface area (Å²) in [4.78, 5) is 27.7. The zero-order valence-electron chi connectivity index (χ0n) is 14.6. The molecule has 0 aliphatic rings. The van der Waals surface area contributed by atoms with Crippen LogP contribution in [-0.4, -0.2) is 24.3 Å². The van der Waals surface area contributed by atoms with E-state index in [1.54, 1.807) is 23.6 Å². The van der Waals surface area contributed by atoms with Crippen molar-refractivity contribution in [3.63, 3.8) is 0 Å². The number of benzene rings is 1. The SMILES string of the molecule is CCn1nc([N+](=O)[O-])c([C@H](C#N)c2nc3ccccc3n2CC)c(Cl)c1=O. The Bertz CT molecular complexity index is 1140. The largest absolute Gasteiger partial charge is 0.395 e. The number of para-hydroxylation sites is 2. The van der Waals surface area contributed by atoms with Crippen molar-refractivity contribution in [1.29, 1.82) is 5.26 Å². The Labute approximate surface area is 158 Å². The minimum absolute atomic E-state index is 0.115. The highest BCUT2D eigenvalue weighted by molar-refractivity contribution is 6.31. The first-order valence-corrected chi connectivity index (χ1v) is 8.62. The van der Waals surface area contributed by atoms with Crippen LogP contribution in [0.2, 0.25) is 5.02 Å². The van der Waals surface area contributed by atoms with Gasteiger partial charge in [0.1, 0.15) is 22.3 Å². The predicted octanol–water partition coefficient (Wildman–Crippen LogP) is 2.85. The molecule has 3 aromatic rings. The van der Waals surface area contributed by atoms with Gasteiger partial charge in [-0.2, -0.15) is 5.26 Å². The van der Waals surface area contributed by atoms with Crippen molar-refractivity contribution in [3.8, 4) is 6.07 Å². The quantitative estimate of drug-likeness (QED) is 0.491. The minimum Gasteiger partial charge on any atom is -0.358 e. The lowest BCUT2D eigenvalue weighted by Gasteiger charge is -2.13. The fraction of sp³-hybridized carbons (Fsp3) is 0.294. The van der Waals surface area contributed by atoms with E-state index in [9.17, 15) is 20.2 Å². The molecule has 2 aromatic heterocycles. The number of fused-ring (bicyclic) bond motifs is 1. The van der Waals surface area contributed by atoms with Gasteiger partial charge in [-0.1, -0.05) is 23.7 Å². The van der Waals surface area contributed by atoms with Gasteiger partial charge >= 0.3 is 11.4 Å². The fourth-order valence-corrected chi connectivity index (χ4v) is 3.33. The molecule has 0 aliphatic heterocycles. The molecule has 0 N–H and O–H groups in total. The number of aromatic nitrogens is 4. The van der Waals surface area contributed by atoms with Crippen molar-refractivity contribution >= 4 is 28.5 Å². The van der Waals surface area contributed by atoms with Crippen LogP contribution in [0.15, 0.2) is 29.1 Å². The molecule has 0 radical (unpaired) electrons. The van der Waals surface area contributed by atoms with Gasteiger partial charge < -0.3 is 14.7 Å². The topological polar surface area (TPSA) is 120 Å². The van der Waals surface area contributed by atoms with Gasteiger partial charge in [0, 0.05) is 6.54 Å². The third-order valence-corrected chi connectivity index (χ3v) is 4.63. The highest BCUT2D eigenvalue weighted by atomic mass is 35.5. The van der Waals surface area contributed by atoms with Crippen LogP contribution in [0.1, 0.15) is 31.2 Å². The van der Waals surface area contributed by atoms with Gasteiger partial charge in [-0.25, -0.2) is 4.98 Å². The van der Waals surface area contributed by atoms with E-state index in [4.69, 9.17) is 11.6 Å². The van der Waals surface area contributed by atoms with Gasteiger partial charge in [0.25, 0.3) is 0 Å². The van der Waals surface area contributed by atoms with Gasteiger partial charge in [-0.15, -0.1) is 4.68 Å². The lowest BCUT2D eigenvalue weighted by molar-refractivity contribution is -0.391. The zero-order chi connectivity index (χ0) is 19.7. The third kappa shape index (κ3) is 2.94. The maximum Gasteiger partial charge on any atom is 0.395 e. The summed E-state index contributed by atoms with van der Waals surface area (Å²) in [5.74, 6) is -1.55. The summed E-state index contributed by atoms with van der Waals surface area (Å²) < 4.78 is 2.68. The van der Waals surface area contributed by atoms with Crippen LogP contribution in [0.4, 0.5) is 5.82 Å². The van der Waals surface area contributed by atoms with Crippen LogP contribution in [0.25, 0.3) is 11.0 Å². The summed E-state index contributed by atoms with van der Waals surface area (Å²) in [6.45, 7) is 4.09. The van der Waals surface area contributed by atoms with Crippen LogP contribution in [-0.2, 0) is 13.1 Å². The number of hydrogen-bond donors (Lipinski definition) is 0. The van der Waals surface area contributed by atoms with Gasteiger partial charge in [0.15, 0.2) is 0 Å². The second kappa shape index (κ2) is 7.17. The molecule has 0 spiro atoms. The van der Waals surface area contributed by atoms with Crippen LogP contribution in [0, 0.1) is 21.4 Å². The third-order valence-electron chi connectivity index (χ3n) is 4.26. The van der Waals surface area contributed by atoms with Crippen molar-refractivity contribution in [1.82, 2.24) is 19.3 Å². The van der Waals surface area contributed by atoms with E-state index in [2.05, 4.69) is 10.1 Å². The molecule has 0 fully saturated rings. The number of hydrogen-bond acceptors (Lipinski definition) is 6. The number of nitro groups is 1. The van der Waals surface area contributed by atoms with E-state index >= 15 is 0 Å². The summed E-state index contributed by atoms with van der Waals surface area (Å²) in [5.41, 5.74) is 0.509. The first kappa shape index (κ1) is 18.5. The lowest BCUT2D eigenvalue weighted by atomic mass is 10.0. The maximum absolute atomic E-state index is 12.4. The van der Waals surface area contributed by atoms with E-state index in [-0.39, 0.29) is 23.0 Å². The summed E-state index contributed by atoms with van der Waals surface area (Å²) in [6.07, 6.45) is 0. The zero-order valence-corrected chi connectivity index (χ0v) is 15.3. The van der Waals surface area contributed by atoms with Crippen LogP contribution < -0.4 is 5.56 Å². The molecule has 0 bridgehead atoms. The van der Waals surface area contributed by atoms with E-state index in [0.717, 1.165) is 10.2 Å². The van der Waals surface area contributed by atoms with Gasteiger partial charge in [-0.3, -0.25) is 4.79 Å². The number of nitriles is 1. The second-order valence-corrected chi connectivity index (χ2v) is 6.07. The molecular weight excluding hydrogens is 372 g/mol. The molecule has 2 heterocycles. The highest BCUT2D eigenvalue weighted by Gasteiger charge is 2.34. The van der Waals surface area contributed by atoms with Gasteiger partial charge in [0.05, 0.1) is 28.7 Å². The van der Waals surface area contributed by atoms with Crippen LogP contribution >= 0.6 is 11.6 Å². The van der Waals surface area contributed by atoms with E-state index in [1.807, 2.05) is 25.1 Å². The Morgan fingerprint density at radius 1 is 1.33 bits per heavy atom. The molecule has 0 aliphatic carbocycles. The first-order chi connectivity index (χ1) is 12.9. The van der Waals surface area contributed by atoms with Crippen molar-refractivity contribution < 1.29 is 4.92 Å². The predicted molar refractivity (Wildman–Crippen MR) is 98.7 cm³/mol. The average molecular weight is 387 g/mol. The molecule has 3 rings (SSSR count). The number of halogens is 1. The molecule has 138 valence electrons. The van der Waals surface area contributed by atoms with Crippen LogP contribution in [0.3, 0.4) is 0 Å². The smallest absolute Gasteiger partial charge is 0.358 e. The second-order valence-electron chi connectivity index (χ2n) is 5.69. The molecular formula is C17H15ClN6O3. The van der Waals surface area contributed by atoms with Gasteiger partial charge in [0.2, 0.25) is 0 Å². The maximum atomic E-state index is 12.4. The Morgan fingerprint density at radius 2 is 2.04 bits per heavy atom. The van der Waals surface area contributed by atoms with E-state index in [1.165, 1.54) is 0 Å². The summed E-state index contributed by atoms with van der Waals surface area (Å²) in [6, 6.07) is 9.27. The number of imidazole rings is 1. The fourth-order valence-electron chi connectivity index (χ4n) is 3.04. The molecule has 0 saturated carbocycles.